The van der Waals surface area contributed by atoms with Crippen molar-refractivity contribution in [3.8, 4) is 0 Å². The Bertz CT molecular complexity index is 245. The molecule has 2 aliphatic heterocycles. The van der Waals surface area contributed by atoms with E-state index in [4.69, 9.17) is 0 Å². The van der Waals surface area contributed by atoms with Crippen molar-refractivity contribution in [2.24, 2.45) is 5.41 Å². The molecule has 17 heavy (non-hydrogen) atoms. The highest BCUT2D eigenvalue weighted by molar-refractivity contribution is 4.99. The van der Waals surface area contributed by atoms with Crippen molar-refractivity contribution in [2.75, 3.05) is 26.2 Å². The van der Waals surface area contributed by atoms with E-state index in [-0.39, 0.29) is 0 Å². The lowest BCUT2D eigenvalue weighted by molar-refractivity contribution is 0.0935. The van der Waals surface area contributed by atoms with Crippen LogP contribution in [0.2, 0.25) is 0 Å². The molecule has 0 aromatic rings. The van der Waals surface area contributed by atoms with Crippen LogP contribution >= 0.6 is 0 Å². The summed E-state index contributed by atoms with van der Waals surface area (Å²) in [5.74, 6) is 0. The fourth-order valence-electron chi connectivity index (χ4n) is 3.87. The molecule has 2 unspecified atom stereocenters. The minimum Gasteiger partial charge on any atom is -0.316 e. The molecule has 0 amide bonds. The lowest BCUT2D eigenvalue weighted by Crippen LogP contribution is -2.48. The second-order valence-electron chi connectivity index (χ2n) is 6.55. The number of piperidine rings is 1. The van der Waals surface area contributed by atoms with Gasteiger partial charge >= 0.3 is 0 Å². The average Bonchev–Trinajstić information content (AvgIpc) is 2.75. The van der Waals surface area contributed by atoms with Gasteiger partial charge in [0.1, 0.15) is 0 Å². The number of nitrogens with zero attached hydrogens (tertiary/aromatic N) is 1. The molecule has 2 heteroatoms. The summed E-state index contributed by atoms with van der Waals surface area (Å²) >= 11 is 0. The molecule has 2 saturated heterocycles. The molecular formula is C15H30N2. The quantitative estimate of drug-likeness (QED) is 0.810. The minimum atomic E-state index is 0.454. The monoisotopic (exact) mass is 238 g/mol. The van der Waals surface area contributed by atoms with Crippen LogP contribution in [0.4, 0.5) is 0 Å². The van der Waals surface area contributed by atoms with Gasteiger partial charge in [-0.05, 0) is 57.5 Å². The number of hydrogen-bond donors (Lipinski definition) is 1. The van der Waals surface area contributed by atoms with Crippen molar-refractivity contribution in [3.05, 3.63) is 0 Å². The normalized spacial score (nSPS) is 34.1. The Morgan fingerprint density at radius 3 is 2.71 bits per heavy atom. The molecule has 2 nitrogen and oxygen atoms in total. The van der Waals surface area contributed by atoms with E-state index in [2.05, 4.69) is 31.0 Å². The maximum atomic E-state index is 3.61. The molecular weight excluding hydrogens is 208 g/mol. The predicted octanol–water partition coefficient (Wildman–Crippen LogP) is 3.03. The zero-order valence-corrected chi connectivity index (χ0v) is 12.0. The molecule has 0 aromatic heterocycles. The van der Waals surface area contributed by atoms with E-state index in [1.807, 2.05) is 0 Å². The highest BCUT2D eigenvalue weighted by Crippen LogP contribution is 2.41. The molecule has 2 rings (SSSR count). The fraction of sp³-hybridized carbons (Fsp3) is 1.00. The van der Waals surface area contributed by atoms with Gasteiger partial charge in [-0.2, -0.15) is 0 Å². The van der Waals surface area contributed by atoms with Crippen molar-refractivity contribution >= 4 is 0 Å². The molecule has 2 aliphatic rings. The average molecular weight is 238 g/mol. The van der Waals surface area contributed by atoms with E-state index < -0.39 is 0 Å². The van der Waals surface area contributed by atoms with Gasteiger partial charge in [0.25, 0.3) is 0 Å². The summed E-state index contributed by atoms with van der Waals surface area (Å²) in [5, 5.41) is 3.61. The Balaban J connectivity index is 2.00. The molecule has 2 heterocycles. The number of likely N-dealkylation sites (tertiary alicyclic amines) is 1. The van der Waals surface area contributed by atoms with E-state index in [0.717, 1.165) is 0 Å². The molecule has 0 aromatic carbocycles. The first-order valence-corrected chi connectivity index (χ1v) is 7.60. The molecule has 2 fully saturated rings. The van der Waals surface area contributed by atoms with E-state index in [1.54, 1.807) is 0 Å². The third-order valence-electron chi connectivity index (χ3n) is 5.31. The molecule has 2 atom stereocenters. The van der Waals surface area contributed by atoms with Crippen LogP contribution in [0.25, 0.3) is 0 Å². The summed E-state index contributed by atoms with van der Waals surface area (Å²) in [7, 11) is 0. The van der Waals surface area contributed by atoms with Gasteiger partial charge in [-0.25, -0.2) is 0 Å². The van der Waals surface area contributed by atoms with Crippen LogP contribution in [0, 0.1) is 5.41 Å². The van der Waals surface area contributed by atoms with Crippen LogP contribution in [0.1, 0.15) is 59.3 Å². The number of nitrogens with one attached hydrogen (secondary N) is 1. The second kappa shape index (κ2) is 5.27. The summed E-state index contributed by atoms with van der Waals surface area (Å²) in [4.78, 5) is 2.80. The minimum absolute atomic E-state index is 0.454. The Hall–Kier alpha value is -0.0800. The van der Waals surface area contributed by atoms with Crippen molar-refractivity contribution in [1.29, 1.82) is 0 Å². The maximum absolute atomic E-state index is 3.61. The third-order valence-corrected chi connectivity index (χ3v) is 5.31. The molecule has 1 N–H and O–H groups in total. The van der Waals surface area contributed by atoms with Gasteiger partial charge < -0.3 is 5.32 Å². The molecule has 0 saturated carbocycles. The van der Waals surface area contributed by atoms with Gasteiger partial charge in [-0.1, -0.05) is 20.3 Å². The van der Waals surface area contributed by atoms with Crippen LogP contribution < -0.4 is 5.32 Å². The second-order valence-corrected chi connectivity index (χ2v) is 6.55. The van der Waals surface area contributed by atoms with Crippen LogP contribution in [-0.4, -0.2) is 36.6 Å². The standard InChI is InChI=1S/C15H30N2/c1-4-7-14(3,5-2)17-11-9-15(13-17)8-6-10-16-12-15/h16H,4-13H2,1-3H3. The Morgan fingerprint density at radius 1 is 1.29 bits per heavy atom. The first kappa shape index (κ1) is 13.4. The highest BCUT2D eigenvalue weighted by Gasteiger charge is 2.43. The van der Waals surface area contributed by atoms with Crippen LogP contribution in [-0.2, 0) is 0 Å². The van der Waals surface area contributed by atoms with Crippen molar-refractivity contribution in [2.45, 2.75) is 64.8 Å². The SMILES string of the molecule is CCCC(C)(CC)N1CCC2(CCCNC2)C1. The summed E-state index contributed by atoms with van der Waals surface area (Å²) < 4.78 is 0. The molecule has 1 spiro atoms. The molecule has 0 bridgehead atoms. The van der Waals surface area contributed by atoms with Gasteiger partial charge in [-0.3, -0.25) is 4.90 Å². The summed E-state index contributed by atoms with van der Waals surface area (Å²) in [6.07, 6.45) is 8.20. The summed E-state index contributed by atoms with van der Waals surface area (Å²) in [6.45, 7) is 12.3. The fourth-order valence-corrected chi connectivity index (χ4v) is 3.87. The lowest BCUT2D eigenvalue weighted by atomic mass is 9.80. The van der Waals surface area contributed by atoms with Gasteiger partial charge in [0.05, 0.1) is 0 Å². The maximum Gasteiger partial charge on any atom is 0.0178 e. The van der Waals surface area contributed by atoms with Gasteiger partial charge in [0.2, 0.25) is 0 Å². The Labute approximate surface area is 107 Å². The van der Waals surface area contributed by atoms with Crippen LogP contribution in [0.5, 0.6) is 0 Å². The first-order valence-electron chi connectivity index (χ1n) is 7.60. The Kier molecular flexibility index (Phi) is 4.14. The zero-order chi connectivity index (χ0) is 12.4. The van der Waals surface area contributed by atoms with Crippen molar-refractivity contribution in [3.63, 3.8) is 0 Å². The predicted molar refractivity (Wildman–Crippen MR) is 74.3 cm³/mol. The van der Waals surface area contributed by atoms with Crippen LogP contribution in [0.15, 0.2) is 0 Å². The van der Waals surface area contributed by atoms with E-state index in [1.165, 1.54) is 64.7 Å². The topological polar surface area (TPSA) is 15.3 Å². The highest BCUT2D eigenvalue weighted by atomic mass is 15.2. The van der Waals surface area contributed by atoms with E-state index in [0.29, 0.717) is 11.0 Å². The summed E-state index contributed by atoms with van der Waals surface area (Å²) in [5.41, 5.74) is 1.07. The van der Waals surface area contributed by atoms with E-state index in [9.17, 15) is 0 Å². The number of hydrogen-bond acceptors (Lipinski definition) is 2. The summed E-state index contributed by atoms with van der Waals surface area (Å²) in [6, 6.07) is 0. The lowest BCUT2D eigenvalue weighted by Gasteiger charge is -2.41. The largest absolute Gasteiger partial charge is 0.316 e. The van der Waals surface area contributed by atoms with E-state index >= 15 is 0 Å². The first-order chi connectivity index (χ1) is 8.14. The zero-order valence-electron chi connectivity index (χ0n) is 12.0. The molecule has 100 valence electrons. The number of rotatable bonds is 4. The molecule has 0 aliphatic carbocycles. The third kappa shape index (κ3) is 2.68. The van der Waals surface area contributed by atoms with Crippen molar-refractivity contribution in [1.82, 2.24) is 10.2 Å². The van der Waals surface area contributed by atoms with Gasteiger partial charge in [0, 0.05) is 18.6 Å². The van der Waals surface area contributed by atoms with Gasteiger partial charge in [0.15, 0.2) is 0 Å². The smallest absolute Gasteiger partial charge is 0.0178 e. The molecule has 0 radical (unpaired) electrons. The van der Waals surface area contributed by atoms with Crippen LogP contribution in [0.3, 0.4) is 0 Å². The van der Waals surface area contributed by atoms with Gasteiger partial charge in [-0.15, -0.1) is 0 Å². The van der Waals surface area contributed by atoms with Crippen molar-refractivity contribution < 1.29 is 0 Å². The Morgan fingerprint density at radius 2 is 2.12 bits per heavy atom.